The van der Waals surface area contributed by atoms with Crippen molar-refractivity contribution >= 4 is 34.6 Å². The Bertz CT molecular complexity index is 693. The van der Waals surface area contributed by atoms with Gasteiger partial charge in [0, 0.05) is 19.6 Å². The maximum atomic E-state index is 6.19. The largest absolute Gasteiger partial charge is 0.393 e. The van der Waals surface area contributed by atoms with E-state index >= 15 is 0 Å². The zero-order chi connectivity index (χ0) is 17.5. The number of ether oxygens (including phenoxy) is 1. The topological polar surface area (TPSA) is 88.3 Å². The number of rotatable bonds is 7. The first kappa shape index (κ1) is 17.7. The highest BCUT2D eigenvalue weighted by Gasteiger charge is 2.11. The average Bonchev–Trinajstić information content (AvgIpc) is 2.64. The summed E-state index contributed by atoms with van der Waals surface area (Å²) in [7, 11) is 0. The van der Waals surface area contributed by atoms with Crippen LogP contribution >= 0.6 is 11.6 Å². The lowest BCUT2D eigenvalue weighted by Crippen LogP contribution is -2.37. The molecule has 8 heteroatoms. The normalized spacial score (nSPS) is 15.1. The molecule has 3 rings (SSSR count). The van der Waals surface area contributed by atoms with E-state index in [-0.39, 0.29) is 0 Å². The number of hydrogen-bond acceptors (Lipinski definition) is 7. The van der Waals surface area contributed by atoms with Gasteiger partial charge in [0.15, 0.2) is 11.6 Å². The molecule has 0 atom stereocenters. The molecule has 1 aromatic heterocycles. The minimum Gasteiger partial charge on any atom is -0.393 e. The third-order valence-corrected chi connectivity index (χ3v) is 4.39. The van der Waals surface area contributed by atoms with Crippen molar-refractivity contribution < 1.29 is 4.74 Å². The van der Waals surface area contributed by atoms with Crippen LogP contribution in [0.1, 0.15) is 6.42 Å². The maximum Gasteiger partial charge on any atom is 0.159 e. The zero-order valence-electron chi connectivity index (χ0n) is 14.0. The van der Waals surface area contributed by atoms with Crippen LogP contribution in [0.2, 0.25) is 5.02 Å². The highest BCUT2D eigenvalue weighted by atomic mass is 35.5. The van der Waals surface area contributed by atoms with Gasteiger partial charge in [-0.3, -0.25) is 4.90 Å². The fourth-order valence-corrected chi connectivity index (χ4v) is 2.84. The van der Waals surface area contributed by atoms with Crippen LogP contribution in [0.3, 0.4) is 0 Å². The molecule has 1 saturated heterocycles. The van der Waals surface area contributed by atoms with Gasteiger partial charge in [-0.2, -0.15) is 0 Å². The van der Waals surface area contributed by atoms with Gasteiger partial charge >= 0.3 is 0 Å². The van der Waals surface area contributed by atoms with Crippen molar-refractivity contribution in [2.75, 3.05) is 55.8 Å². The van der Waals surface area contributed by atoms with Gasteiger partial charge in [-0.15, -0.1) is 0 Å². The highest BCUT2D eigenvalue weighted by molar-refractivity contribution is 6.33. The molecule has 7 nitrogen and oxygen atoms in total. The molecule has 0 spiro atoms. The molecule has 1 aromatic carbocycles. The number of benzene rings is 1. The summed E-state index contributed by atoms with van der Waals surface area (Å²) in [6.07, 6.45) is 2.50. The molecule has 1 aliphatic rings. The summed E-state index contributed by atoms with van der Waals surface area (Å²) in [6, 6.07) is 7.46. The number of nitrogens with two attached hydrogens (primary N) is 1. The second-order valence-electron chi connectivity index (χ2n) is 5.82. The van der Waals surface area contributed by atoms with Gasteiger partial charge in [0.2, 0.25) is 0 Å². The van der Waals surface area contributed by atoms with Gasteiger partial charge in [0.05, 0.1) is 23.9 Å². The highest BCUT2D eigenvalue weighted by Crippen LogP contribution is 2.29. The molecule has 1 aliphatic heterocycles. The van der Waals surface area contributed by atoms with E-state index < -0.39 is 0 Å². The minimum atomic E-state index is 0.480. The van der Waals surface area contributed by atoms with Gasteiger partial charge < -0.3 is 21.1 Å². The number of hydrogen-bond donors (Lipinski definition) is 3. The summed E-state index contributed by atoms with van der Waals surface area (Å²) in [6.45, 7) is 5.48. The third-order valence-electron chi connectivity index (χ3n) is 4.06. The molecule has 0 unspecified atom stereocenters. The fraction of sp³-hybridized carbons (Fsp3) is 0.412. The number of anilines is 4. The van der Waals surface area contributed by atoms with Crippen LogP contribution in [-0.2, 0) is 4.74 Å². The van der Waals surface area contributed by atoms with Crippen molar-refractivity contribution in [3.05, 3.63) is 35.6 Å². The fourth-order valence-electron chi connectivity index (χ4n) is 2.66. The molecule has 0 amide bonds. The number of nitrogens with zero attached hydrogens (tertiary/aromatic N) is 3. The summed E-state index contributed by atoms with van der Waals surface area (Å²) in [5.74, 6) is 1.17. The molecule has 0 radical (unpaired) electrons. The molecular weight excluding hydrogens is 340 g/mol. The van der Waals surface area contributed by atoms with Gasteiger partial charge in [-0.1, -0.05) is 23.7 Å². The number of halogens is 1. The Balaban J connectivity index is 1.54. The second kappa shape index (κ2) is 8.84. The van der Waals surface area contributed by atoms with E-state index in [1.54, 1.807) is 0 Å². The van der Waals surface area contributed by atoms with Crippen LogP contribution < -0.4 is 16.4 Å². The average molecular weight is 363 g/mol. The Labute approximate surface area is 152 Å². The SMILES string of the molecule is Nc1c(NCCCN2CCOCC2)ncnc1Nc1ccccc1Cl. The van der Waals surface area contributed by atoms with E-state index in [1.807, 2.05) is 24.3 Å². The molecule has 2 heterocycles. The van der Waals surface area contributed by atoms with Gasteiger partial charge in [0.1, 0.15) is 12.0 Å². The molecule has 0 bridgehead atoms. The van der Waals surface area contributed by atoms with Crippen LogP contribution in [0, 0.1) is 0 Å². The molecule has 134 valence electrons. The first-order valence-electron chi connectivity index (χ1n) is 8.40. The molecular formula is C17H23ClN6O. The first-order valence-corrected chi connectivity index (χ1v) is 8.78. The standard InChI is InChI=1S/C17H23ClN6O/c18-13-4-1-2-5-14(13)23-17-15(19)16(21-12-22-17)20-6-3-7-24-8-10-25-11-9-24/h1-2,4-5,12H,3,6-11,19H2,(H2,20,21,22,23). The maximum absolute atomic E-state index is 6.19. The van der Waals surface area contributed by atoms with Crippen molar-refractivity contribution in [1.29, 1.82) is 0 Å². The lowest BCUT2D eigenvalue weighted by Gasteiger charge is -2.26. The Morgan fingerprint density at radius 1 is 1.16 bits per heavy atom. The van der Waals surface area contributed by atoms with Gasteiger partial charge in [0.25, 0.3) is 0 Å². The predicted molar refractivity (Wildman–Crippen MR) is 102 cm³/mol. The first-order chi connectivity index (χ1) is 12.2. The Kier molecular flexibility index (Phi) is 6.27. The number of aromatic nitrogens is 2. The van der Waals surface area contributed by atoms with Crippen LogP contribution in [0.25, 0.3) is 0 Å². The summed E-state index contributed by atoms with van der Waals surface area (Å²) in [4.78, 5) is 10.8. The Morgan fingerprint density at radius 3 is 2.72 bits per heavy atom. The summed E-state index contributed by atoms with van der Waals surface area (Å²) < 4.78 is 5.35. The smallest absolute Gasteiger partial charge is 0.159 e. The van der Waals surface area contributed by atoms with E-state index in [1.165, 1.54) is 6.33 Å². The van der Waals surface area contributed by atoms with E-state index in [0.717, 1.165) is 51.5 Å². The van der Waals surface area contributed by atoms with Crippen molar-refractivity contribution in [2.24, 2.45) is 0 Å². The molecule has 2 aromatic rings. The Hall–Kier alpha value is -2.09. The molecule has 25 heavy (non-hydrogen) atoms. The molecule has 4 N–H and O–H groups in total. The Morgan fingerprint density at radius 2 is 1.92 bits per heavy atom. The second-order valence-corrected chi connectivity index (χ2v) is 6.23. The predicted octanol–water partition coefficient (Wildman–Crippen LogP) is 2.59. The van der Waals surface area contributed by atoms with Crippen LogP contribution in [-0.4, -0.2) is 54.3 Å². The molecule has 1 fully saturated rings. The minimum absolute atomic E-state index is 0.480. The number of morpholine rings is 1. The van der Waals surface area contributed by atoms with Crippen molar-refractivity contribution in [2.45, 2.75) is 6.42 Å². The number of nitrogen functional groups attached to an aromatic ring is 1. The zero-order valence-corrected chi connectivity index (χ0v) is 14.8. The summed E-state index contributed by atoms with van der Waals surface area (Å²) >= 11 is 6.17. The van der Waals surface area contributed by atoms with Crippen LogP contribution in [0.15, 0.2) is 30.6 Å². The monoisotopic (exact) mass is 362 g/mol. The van der Waals surface area contributed by atoms with Crippen LogP contribution in [0.5, 0.6) is 0 Å². The van der Waals surface area contributed by atoms with E-state index in [9.17, 15) is 0 Å². The number of para-hydroxylation sites is 1. The lowest BCUT2D eigenvalue weighted by molar-refractivity contribution is 0.0378. The van der Waals surface area contributed by atoms with E-state index in [4.69, 9.17) is 22.1 Å². The van der Waals surface area contributed by atoms with Crippen molar-refractivity contribution in [1.82, 2.24) is 14.9 Å². The molecule has 0 saturated carbocycles. The summed E-state index contributed by atoms with van der Waals surface area (Å²) in [5.41, 5.74) is 7.42. The van der Waals surface area contributed by atoms with E-state index in [0.29, 0.717) is 22.3 Å². The van der Waals surface area contributed by atoms with E-state index in [2.05, 4.69) is 25.5 Å². The van der Waals surface area contributed by atoms with Crippen LogP contribution in [0.4, 0.5) is 23.0 Å². The quantitative estimate of drug-likeness (QED) is 0.652. The van der Waals surface area contributed by atoms with Crippen molar-refractivity contribution in [3.63, 3.8) is 0 Å². The lowest BCUT2D eigenvalue weighted by atomic mass is 10.3. The van der Waals surface area contributed by atoms with Gasteiger partial charge in [-0.05, 0) is 25.1 Å². The third kappa shape index (κ3) is 4.94. The molecule has 0 aliphatic carbocycles. The number of nitrogens with one attached hydrogen (secondary N) is 2. The summed E-state index contributed by atoms with van der Waals surface area (Å²) in [5, 5.41) is 7.05. The van der Waals surface area contributed by atoms with Crippen molar-refractivity contribution in [3.8, 4) is 0 Å². The van der Waals surface area contributed by atoms with Gasteiger partial charge in [-0.25, -0.2) is 9.97 Å².